The van der Waals surface area contributed by atoms with Crippen molar-refractivity contribution in [3.8, 4) is 17.2 Å². The predicted molar refractivity (Wildman–Crippen MR) is 118 cm³/mol. The minimum absolute atomic E-state index is 0.00467. The highest BCUT2D eigenvalue weighted by molar-refractivity contribution is 7.99. The van der Waals surface area contributed by atoms with E-state index in [4.69, 9.17) is 14.2 Å². The molecule has 1 aromatic heterocycles. The van der Waals surface area contributed by atoms with Gasteiger partial charge < -0.3 is 19.5 Å². The highest BCUT2D eigenvalue weighted by Gasteiger charge is 2.16. The van der Waals surface area contributed by atoms with Gasteiger partial charge in [0.05, 0.1) is 23.1 Å². The molecule has 1 N–H and O–H groups in total. The normalized spacial score (nSPS) is 12.6. The number of carbonyl (C=O) groups is 2. The summed E-state index contributed by atoms with van der Waals surface area (Å²) in [6.07, 6.45) is 0. The van der Waals surface area contributed by atoms with E-state index in [1.165, 1.54) is 30.0 Å². The molecule has 1 aliphatic heterocycles. The van der Waals surface area contributed by atoms with Crippen molar-refractivity contribution < 1.29 is 23.8 Å². The van der Waals surface area contributed by atoms with E-state index in [1.807, 2.05) is 18.2 Å². The zero-order chi connectivity index (χ0) is 21.1. The van der Waals surface area contributed by atoms with Crippen molar-refractivity contribution in [3.63, 3.8) is 0 Å². The number of benzene rings is 2. The van der Waals surface area contributed by atoms with Gasteiger partial charge in [-0.15, -0.1) is 11.8 Å². The van der Waals surface area contributed by atoms with Crippen LogP contribution in [0.4, 0.5) is 5.13 Å². The maximum Gasteiger partial charge on any atom is 0.236 e. The number of hydrogen-bond donors (Lipinski definition) is 1. The molecule has 9 heteroatoms. The van der Waals surface area contributed by atoms with E-state index >= 15 is 0 Å². The molecule has 0 radical (unpaired) electrons. The van der Waals surface area contributed by atoms with Gasteiger partial charge in [0.1, 0.15) is 19.0 Å². The summed E-state index contributed by atoms with van der Waals surface area (Å²) in [5.41, 5.74) is 2.27. The molecule has 0 atom stereocenters. The molecule has 7 nitrogen and oxygen atoms in total. The van der Waals surface area contributed by atoms with E-state index in [-0.39, 0.29) is 17.4 Å². The van der Waals surface area contributed by atoms with Gasteiger partial charge in [0.15, 0.2) is 22.4 Å². The monoisotopic (exact) mass is 444 g/mol. The molecule has 2 aromatic carbocycles. The summed E-state index contributed by atoms with van der Waals surface area (Å²) in [6, 6.07) is 9.05. The van der Waals surface area contributed by atoms with Gasteiger partial charge in [-0.25, -0.2) is 4.98 Å². The van der Waals surface area contributed by atoms with Crippen LogP contribution in [-0.4, -0.2) is 42.8 Å². The Morgan fingerprint density at radius 1 is 1.20 bits per heavy atom. The molecule has 0 spiro atoms. The van der Waals surface area contributed by atoms with Crippen LogP contribution in [0, 0.1) is 0 Å². The molecule has 30 heavy (non-hydrogen) atoms. The second-order valence-electron chi connectivity index (χ2n) is 6.61. The fourth-order valence-electron chi connectivity index (χ4n) is 3.04. The number of thiazole rings is 1. The number of methoxy groups -OCH3 is 1. The maximum atomic E-state index is 12.4. The van der Waals surface area contributed by atoms with E-state index in [2.05, 4.69) is 10.3 Å². The van der Waals surface area contributed by atoms with E-state index in [0.717, 1.165) is 15.8 Å². The Balaban J connectivity index is 1.37. The van der Waals surface area contributed by atoms with Crippen LogP contribution in [-0.2, 0) is 10.5 Å². The SMILES string of the molecule is COc1ccc(C(C)=O)cc1CSCC(=O)Nc1nc2cc3c(cc2s1)OCCO3. The van der Waals surface area contributed by atoms with Crippen LogP contribution < -0.4 is 19.5 Å². The molecule has 0 fully saturated rings. The van der Waals surface area contributed by atoms with Crippen molar-refractivity contribution in [1.29, 1.82) is 0 Å². The number of ether oxygens (including phenoxy) is 3. The average molecular weight is 445 g/mol. The Morgan fingerprint density at radius 3 is 2.70 bits per heavy atom. The summed E-state index contributed by atoms with van der Waals surface area (Å²) in [4.78, 5) is 28.4. The Kier molecular flexibility index (Phi) is 6.10. The second kappa shape index (κ2) is 8.93. The predicted octanol–water partition coefficient (Wildman–Crippen LogP) is 4.15. The van der Waals surface area contributed by atoms with E-state index in [1.54, 1.807) is 19.2 Å². The van der Waals surface area contributed by atoms with Gasteiger partial charge in [-0.2, -0.15) is 0 Å². The van der Waals surface area contributed by atoms with Crippen LogP contribution in [0.5, 0.6) is 17.2 Å². The van der Waals surface area contributed by atoms with Crippen molar-refractivity contribution in [3.05, 3.63) is 41.5 Å². The Morgan fingerprint density at radius 2 is 1.97 bits per heavy atom. The minimum Gasteiger partial charge on any atom is -0.496 e. The number of rotatable bonds is 7. The van der Waals surface area contributed by atoms with Gasteiger partial charge in [-0.3, -0.25) is 9.59 Å². The quantitative estimate of drug-likeness (QED) is 0.548. The van der Waals surface area contributed by atoms with Crippen LogP contribution in [0.15, 0.2) is 30.3 Å². The standard InChI is InChI=1S/C21H20N2O5S2/c1-12(24)13-3-4-16(26-2)14(7-13)10-29-11-20(25)23-21-22-15-8-17-18(9-19(15)30-21)28-6-5-27-17/h3-4,7-9H,5-6,10-11H2,1-2H3,(H,22,23,25). The van der Waals surface area contributed by atoms with Crippen molar-refractivity contribution in [2.75, 3.05) is 31.4 Å². The molecule has 156 valence electrons. The molecule has 1 amide bonds. The first-order valence-corrected chi connectivity index (χ1v) is 11.3. The molecule has 3 aromatic rings. The van der Waals surface area contributed by atoms with Gasteiger partial charge in [-0.1, -0.05) is 11.3 Å². The van der Waals surface area contributed by atoms with Crippen LogP contribution in [0.1, 0.15) is 22.8 Å². The zero-order valence-corrected chi connectivity index (χ0v) is 18.2. The topological polar surface area (TPSA) is 86.8 Å². The van der Waals surface area contributed by atoms with Crippen LogP contribution in [0.2, 0.25) is 0 Å². The molecular formula is C21H20N2O5S2. The summed E-state index contributed by atoms with van der Waals surface area (Å²) in [5, 5.41) is 3.38. The van der Waals surface area contributed by atoms with Gasteiger partial charge in [0.2, 0.25) is 5.91 Å². The molecule has 0 bridgehead atoms. The van der Waals surface area contributed by atoms with Crippen molar-refractivity contribution in [1.82, 2.24) is 4.98 Å². The summed E-state index contributed by atoms with van der Waals surface area (Å²) >= 11 is 2.84. The third kappa shape index (κ3) is 4.52. The maximum absolute atomic E-state index is 12.4. The first-order valence-electron chi connectivity index (χ1n) is 9.29. The minimum atomic E-state index is -0.141. The lowest BCUT2D eigenvalue weighted by molar-refractivity contribution is -0.113. The van der Waals surface area contributed by atoms with Crippen molar-refractivity contribution in [2.45, 2.75) is 12.7 Å². The van der Waals surface area contributed by atoms with Crippen molar-refractivity contribution in [2.24, 2.45) is 0 Å². The Hall–Kier alpha value is -2.78. The number of nitrogens with zero attached hydrogens (tertiary/aromatic N) is 1. The molecule has 4 rings (SSSR count). The smallest absolute Gasteiger partial charge is 0.236 e. The molecular weight excluding hydrogens is 424 g/mol. The number of hydrogen-bond acceptors (Lipinski definition) is 8. The number of aromatic nitrogens is 1. The van der Waals surface area contributed by atoms with Crippen LogP contribution in [0.3, 0.4) is 0 Å². The van der Waals surface area contributed by atoms with E-state index in [0.29, 0.717) is 46.9 Å². The lowest BCUT2D eigenvalue weighted by Crippen LogP contribution is -2.15. The number of Topliss-reactive ketones (excluding diaryl/α,β-unsaturated/α-hetero) is 1. The van der Waals surface area contributed by atoms with E-state index < -0.39 is 0 Å². The van der Waals surface area contributed by atoms with E-state index in [9.17, 15) is 9.59 Å². The number of thioether (sulfide) groups is 1. The lowest BCUT2D eigenvalue weighted by atomic mass is 10.1. The highest BCUT2D eigenvalue weighted by atomic mass is 32.2. The average Bonchev–Trinajstić information content (AvgIpc) is 3.12. The zero-order valence-electron chi connectivity index (χ0n) is 16.5. The van der Waals surface area contributed by atoms with Crippen LogP contribution in [0.25, 0.3) is 10.2 Å². The van der Waals surface area contributed by atoms with Gasteiger partial charge >= 0.3 is 0 Å². The Bertz CT molecular complexity index is 1070. The summed E-state index contributed by atoms with van der Waals surface area (Å²) in [7, 11) is 1.59. The third-order valence-corrected chi connectivity index (χ3v) is 6.39. The summed E-state index contributed by atoms with van der Waals surface area (Å²) in [5.74, 6) is 2.74. The number of carbonyl (C=O) groups excluding carboxylic acids is 2. The number of amides is 1. The first kappa shape index (κ1) is 20.5. The lowest BCUT2D eigenvalue weighted by Gasteiger charge is -2.17. The number of anilines is 1. The summed E-state index contributed by atoms with van der Waals surface area (Å²) in [6.45, 7) is 2.57. The van der Waals surface area contributed by atoms with Gasteiger partial charge in [0.25, 0.3) is 0 Å². The van der Waals surface area contributed by atoms with Crippen LogP contribution >= 0.6 is 23.1 Å². The van der Waals surface area contributed by atoms with Crippen molar-refractivity contribution >= 4 is 50.1 Å². The molecule has 2 heterocycles. The second-order valence-corrected chi connectivity index (χ2v) is 8.62. The van der Waals surface area contributed by atoms with Gasteiger partial charge in [-0.05, 0) is 25.1 Å². The first-order chi connectivity index (χ1) is 14.5. The number of ketones is 1. The third-order valence-electron chi connectivity index (χ3n) is 4.48. The Labute approximate surface area is 181 Å². The fourth-order valence-corrected chi connectivity index (χ4v) is 4.74. The molecule has 0 unspecified atom stereocenters. The highest BCUT2D eigenvalue weighted by Crippen LogP contribution is 2.37. The number of nitrogens with one attached hydrogen (secondary N) is 1. The number of fused-ring (bicyclic) bond motifs is 2. The molecule has 0 saturated carbocycles. The fraction of sp³-hybridized carbons (Fsp3) is 0.286. The molecule has 0 saturated heterocycles. The molecule has 1 aliphatic rings. The van der Waals surface area contributed by atoms with Gasteiger partial charge in [0, 0.05) is 29.0 Å². The molecule has 0 aliphatic carbocycles. The summed E-state index contributed by atoms with van der Waals surface area (Å²) < 4.78 is 17.4. The largest absolute Gasteiger partial charge is 0.496 e.